The summed E-state index contributed by atoms with van der Waals surface area (Å²) >= 11 is 0. The molecule has 0 bridgehead atoms. The molecular formula is C11H19NO3. The van der Waals surface area contributed by atoms with Crippen molar-refractivity contribution in [1.29, 1.82) is 0 Å². The van der Waals surface area contributed by atoms with Gasteiger partial charge in [0, 0.05) is 6.42 Å². The minimum Gasteiger partial charge on any atom is -0.480 e. The Hall–Kier alpha value is -1.06. The van der Waals surface area contributed by atoms with Gasteiger partial charge in [-0.3, -0.25) is 4.79 Å². The molecule has 1 amide bonds. The highest BCUT2D eigenvalue weighted by atomic mass is 16.4. The molecule has 0 aromatic carbocycles. The lowest BCUT2D eigenvalue weighted by Crippen LogP contribution is -2.45. The van der Waals surface area contributed by atoms with E-state index in [-0.39, 0.29) is 11.8 Å². The Bertz CT molecular complexity index is 246. The predicted octanol–water partition coefficient (Wildman–Crippen LogP) is 1.40. The maximum atomic E-state index is 11.5. The summed E-state index contributed by atoms with van der Waals surface area (Å²) in [7, 11) is 0. The first-order valence-corrected chi connectivity index (χ1v) is 5.53. The molecule has 0 saturated heterocycles. The van der Waals surface area contributed by atoms with Crippen LogP contribution in [0.3, 0.4) is 0 Å². The number of carbonyl (C=O) groups is 2. The third-order valence-electron chi connectivity index (χ3n) is 2.95. The Morgan fingerprint density at radius 2 is 2.00 bits per heavy atom. The summed E-state index contributed by atoms with van der Waals surface area (Å²) in [5.41, 5.74) is 0. The van der Waals surface area contributed by atoms with Crippen molar-refractivity contribution in [3.8, 4) is 0 Å². The molecule has 1 atom stereocenters. The Morgan fingerprint density at radius 1 is 1.40 bits per heavy atom. The van der Waals surface area contributed by atoms with E-state index in [1.807, 2.05) is 0 Å². The monoisotopic (exact) mass is 213 g/mol. The first-order valence-electron chi connectivity index (χ1n) is 5.53. The van der Waals surface area contributed by atoms with Crippen LogP contribution in [0.25, 0.3) is 0 Å². The van der Waals surface area contributed by atoms with Gasteiger partial charge in [0.05, 0.1) is 0 Å². The third kappa shape index (κ3) is 3.53. The second-order valence-electron chi connectivity index (χ2n) is 4.63. The van der Waals surface area contributed by atoms with E-state index < -0.39 is 12.0 Å². The average molecular weight is 213 g/mol. The summed E-state index contributed by atoms with van der Waals surface area (Å²) in [5.74, 6) is -0.674. The smallest absolute Gasteiger partial charge is 0.326 e. The second kappa shape index (κ2) is 5.14. The number of carboxylic acid groups (broad SMARTS) is 1. The molecular weight excluding hydrogens is 194 g/mol. The molecule has 0 unspecified atom stereocenters. The lowest BCUT2D eigenvalue weighted by molar-refractivity contribution is -0.143. The number of hydrogen-bond acceptors (Lipinski definition) is 2. The largest absolute Gasteiger partial charge is 0.480 e. The number of aliphatic carboxylic acids is 1. The highest BCUT2D eigenvalue weighted by Gasteiger charge is 2.26. The van der Waals surface area contributed by atoms with Gasteiger partial charge in [-0.25, -0.2) is 4.79 Å². The van der Waals surface area contributed by atoms with Gasteiger partial charge in [0.15, 0.2) is 0 Å². The Morgan fingerprint density at radius 3 is 2.33 bits per heavy atom. The van der Waals surface area contributed by atoms with E-state index >= 15 is 0 Å². The van der Waals surface area contributed by atoms with Crippen molar-refractivity contribution < 1.29 is 14.7 Å². The number of rotatable bonds is 5. The molecule has 1 fully saturated rings. The first kappa shape index (κ1) is 12.0. The zero-order valence-corrected chi connectivity index (χ0v) is 9.32. The molecule has 1 aliphatic carbocycles. The molecule has 4 nitrogen and oxygen atoms in total. The van der Waals surface area contributed by atoms with E-state index in [1.165, 1.54) is 6.42 Å². The first-order chi connectivity index (χ1) is 7.00. The second-order valence-corrected chi connectivity index (χ2v) is 4.63. The van der Waals surface area contributed by atoms with Gasteiger partial charge in [-0.2, -0.15) is 0 Å². The van der Waals surface area contributed by atoms with Crippen LogP contribution in [0, 0.1) is 11.8 Å². The molecule has 0 radical (unpaired) electrons. The van der Waals surface area contributed by atoms with Gasteiger partial charge in [-0.1, -0.05) is 20.3 Å². The van der Waals surface area contributed by atoms with Gasteiger partial charge >= 0.3 is 5.97 Å². The maximum absolute atomic E-state index is 11.5. The van der Waals surface area contributed by atoms with E-state index in [0.717, 1.165) is 12.8 Å². The van der Waals surface area contributed by atoms with Crippen molar-refractivity contribution in [3.05, 3.63) is 0 Å². The molecule has 1 aliphatic rings. The van der Waals surface area contributed by atoms with E-state index in [1.54, 1.807) is 13.8 Å². The molecule has 1 saturated carbocycles. The van der Waals surface area contributed by atoms with Crippen molar-refractivity contribution in [2.45, 2.75) is 45.6 Å². The van der Waals surface area contributed by atoms with Gasteiger partial charge in [0.25, 0.3) is 0 Å². The highest BCUT2D eigenvalue weighted by molar-refractivity contribution is 5.83. The van der Waals surface area contributed by atoms with E-state index in [0.29, 0.717) is 12.3 Å². The van der Waals surface area contributed by atoms with E-state index in [4.69, 9.17) is 5.11 Å². The van der Waals surface area contributed by atoms with Crippen LogP contribution in [-0.4, -0.2) is 23.0 Å². The Kier molecular flexibility index (Phi) is 4.12. The number of nitrogens with one attached hydrogen (secondary N) is 1. The van der Waals surface area contributed by atoms with E-state index in [2.05, 4.69) is 5.32 Å². The van der Waals surface area contributed by atoms with Crippen molar-refractivity contribution in [2.24, 2.45) is 11.8 Å². The molecule has 15 heavy (non-hydrogen) atoms. The van der Waals surface area contributed by atoms with Crippen LogP contribution in [0.1, 0.15) is 39.5 Å². The van der Waals surface area contributed by atoms with Gasteiger partial charge in [-0.05, 0) is 24.7 Å². The average Bonchev–Trinajstić information content (AvgIpc) is 2.06. The molecule has 0 spiro atoms. The molecule has 2 N–H and O–H groups in total. The number of carboxylic acids is 1. The van der Waals surface area contributed by atoms with Crippen LogP contribution < -0.4 is 5.32 Å². The van der Waals surface area contributed by atoms with Crippen molar-refractivity contribution in [2.75, 3.05) is 0 Å². The van der Waals surface area contributed by atoms with Crippen molar-refractivity contribution in [1.82, 2.24) is 5.32 Å². The summed E-state index contributed by atoms with van der Waals surface area (Å²) in [4.78, 5) is 22.3. The van der Waals surface area contributed by atoms with Crippen molar-refractivity contribution >= 4 is 11.9 Å². The molecule has 0 aromatic heterocycles. The fourth-order valence-corrected chi connectivity index (χ4v) is 1.71. The lowest BCUT2D eigenvalue weighted by atomic mass is 9.83. The van der Waals surface area contributed by atoms with Crippen LogP contribution in [-0.2, 0) is 9.59 Å². The van der Waals surface area contributed by atoms with Crippen LogP contribution in [0.5, 0.6) is 0 Å². The van der Waals surface area contributed by atoms with Gasteiger partial charge in [-0.15, -0.1) is 0 Å². The highest BCUT2D eigenvalue weighted by Crippen LogP contribution is 2.29. The SMILES string of the molecule is CC(C)[C@@H](NC(=O)CC1CCC1)C(=O)O. The minimum atomic E-state index is -0.952. The number of hydrogen-bond donors (Lipinski definition) is 2. The Labute approximate surface area is 90.0 Å². The normalized spacial score (nSPS) is 18.3. The molecule has 0 heterocycles. The van der Waals surface area contributed by atoms with Crippen LogP contribution in [0.4, 0.5) is 0 Å². The fourth-order valence-electron chi connectivity index (χ4n) is 1.71. The summed E-state index contributed by atoms with van der Waals surface area (Å²) in [6, 6.07) is -0.752. The number of amides is 1. The lowest BCUT2D eigenvalue weighted by Gasteiger charge is -2.26. The van der Waals surface area contributed by atoms with Crippen LogP contribution in [0.15, 0.2) is 0 Å². The van der Waals surface area contributed by atoms with Crippen LogP contribution >= 0.6 is 0 Å². The standard InChI is InChI=1S/C11H19NO3/c1-7(2)10(11(14)15)12-9(13)6-8-4-3-5-8/h7-8,10H,3-6H2,1-2H3,(H,12,13)(H,14,15)/t10-/m1/s1. The minimum absolute atomic E-state index is 0.0761. The summed E-state index contributed by atoms with van der Waals surface area (Å²) in [6.07, 6.45) is 3.89. The van der Waals surface area contributed by atoms with Gasteiger partial charge in [0.1, 0.15) is 6.04 Å². The number of carbonyl (C=O) groups excluding carboxylic acids is 1. The van der Waals surface area contributed by atoms with Gasteiger partial charge < -0.3 is 10.4 Å². The maximum Gasteiger partial charge on any atom is 0.326 e. The zero-order chi connectivity index (χ0) is 11.4. The predicted molar refractivity (Wildman–Crippen MR) is 56.4 cm³/mol. The Balaban J connectivity index is 2.36. The molecule has 1 rings (SSSR count). The zero-order valence-electron chi connectivity index (χ0n) is 9.32. The summed E-state index contributed by atoms with van der Waals surface area (Å²) < 4.78 is 0. The third-order valence-corrected chi connectivity index (χ3v) is 2.95. The molecule has 86 valence electrons. The molecule has 0 aromatic rings. The van der Waals surface area contributed by atoms with Crippen LogP contribution in [0.2, 0.25) is 0 Å². The van der Waals surface area contributed by atoms with Crippen molar-refractivity contribution in [3.63, 3.8) is 0 Å². The molecule has 0 aliphatic heterocycles. The summed E-state index contributed by atoms with van der Waals surface area (Å²) in [5, 5.41) is 11.5. The van der Waals surface area contributed by atoms with E-state index in [9.17, 15) is 9.59 Å². The topological polar surface area (TPSA) is 66.4 Å². The van der Waals surface area contributed by atoms with Gasteiger partial charge in [0.2, 0.25) is 5.91 Å². The molecule has 4 heteroatoms. The summed E-state index contributed by atoms with van der Waals surface area (Å²) in [6.45, 7) is 3.59. The quantitative estimate of drug-likeness (QED) is 0.725. The fraction of sp³-hybridized carbons (Fsp3) is 0.818.